The van der Waals surface area contributed by atoms with Crippen LogP contribution in [0.25, 0.3) is 11.3 Å². The van der Waals surface area contributed by atoms with E-state index in [-0.39, 0.29) is 5.02 Å². The van der Waals surface area contributed by atoms with Gasteiger partial charge in [-0.15, -0.1) is 0 Å². The zero-order valence-corrected chi connectivity index (χ0v) is 11.7. The SMILES string of the molecule is FC(F)(F)c1cnc(-c2cccc(I)c2)c(Cl)c1. The number of rotatable bonds is 1. The predicted octanol–water partition coefficient (Wildman–Crippen LogP) is 5.03. The summed E-state index contributed by atoms with van der Waals surface area (Å²) in [6.45, 7) is 0. The molecule has 0 aliphatic rings. The summed E-state index contributed by atoms with van der Waals surface area (Å²) in [7, 11) is 0. The number of nitrogens with zero attached hydrogens (tertiary/aromatic N) is 1. The Bertz CT molecular complexity index is 584. The van der Waals surface area contributed by atoms with Crippen molar-refractivity contribution in [2.24, 2.45) is 0 Å². The largest absolute Gasteiger partial charge is 0.417 e. The van der Waals surface area contributed by atoms with Crippen molar-refractivity contribution in [3.8, 4) is 11.3 Å². The molecule has 0 saturated heterocycles. The third-order valence-corrected chi connectivity index (χ3v) is 3.23. The van der Waals surface area contributed by atoms with Gasteiger partial charge >= 0.3 is 6.18 Å². The number of pyridine rings is 1. The topological polar surface area (TPSA) is 12.9 Å². The Morgan fingerprint density at radius 2 is 1.89 bits per heavy atom. The number of hydrogen-bond donors (Lipinski definition) is 0. The standard InChI is InChI=1S/C12H6ClF3IN/c13-10-5-8(12(14,15)16)6-18-11(10)7-2-1-3-9(17)4-7/h1-6H. The zero-order chi connectivity index (χ0) is 13.3. The summed E-state index contributed by atoms with van der Waals surface area (Å²) in [6, 6.07) is 8.13. The first kappa shape index (κ1) is 13.6. The van der Waals surface area contributed by atoms with Crippen LogP contribution in [0.3, 0.4) is 0 Å². The van der Waals surface area contributed by atoms with E-state index in [1.807, 2.05) is 12.1 Å². The van der Waals surface area contributed by atoms with Gasteiger partial charge in [0.05, 0.1) is 16.3 Å². The van der Waals surface area contributed by atoms with Gasteiger partial charge in [0.15, 0.2) is 0 Å². The summed E-state index contributed by atoms with van der Waals surface area (Å²) in [5.74, 6) is 0. The Morgan fingerprint density at radius 3 is 2.44 bits per heavy atom. The number of hydrogen-bond acceptors (Lipinski definition) is 1. The second-order valence-electron chi connectivity index (χ2n) is 3.56. The van der Waals surface area contributed by atoms with Crippen molar-refractivity contribution in [1.82, 2.24) is 4.98 Å². The molecule has 0 unspecified atom stereocenters. The van der Waals surface area contributed by atoms with Gasteiger partial charge in [0.2, 0.25) is 0 Å². The minimum absolute atomic E-state index is 0.00757. The van der Waals surface area contributed by atoms with Crippen molar-refractivity contribution in [1.29, 1.82) is 0 Å². The Labute approximate surface area is 120 Å². The minimum Gasteiger partial charge on any atom is -0.254 e. The van der Waals surface area contributed by atoms with Gasteiger partial charge in [-0.1, -0.05) is 23.7 Å². The summed E-state index contributed by atoms with van der Waals surface area (Å²) >= 11 is 7.97. The smallest absolute Gasteiger partial charge is 0.254 e. The first-order valence-corrected chi connectivity index (χ1v) is 6.32. The van der Waals surface area contributed by atoms with E-state index in [2.05, 4.69) is 27.6 Å². The Balaban J connectivity index is 2.48. The van der Waals surface area contributed by atoms with Crippen LogP contribution in [0, 0.1) is 3.57 Å². The van der Waals surface area contributed by atoms with Crippen LogP contribution in [-0.4, -0.2) is 4.98 Å². The van der Waals surface area contributed by atoms with Crippen molar-refractivity contribution in [2.75, 3.05) is 0 Å². The van der Waals surface area contributed by atoms with E-state index in [4.69, 9.17) is 11.6 Å². The van der Waals surface area contributed by atoms with Gasteiger partial charge in [0, 0.05) is 15.3 Å². The van der Waals surface area contributed by atoms with Crippen LogP contribution in [0.1, 0.15) is 5.56 Å². The van der Waals surface area contributed by atoms with E-state index in [0.717, 1.165) is 15.8 Å². The highest BCUT2D eigenvalue weighted by atomic mass is 127. The van der Waals surface area contributed by atoms with E-state index in [1.165, 1.54) is 0 Å². The molecule has 0 spiro atoms. The lowest BCUT2D eigenvalue weighted by molar-refractivity contribution is -0.137. The lowest BCUT2D eigenvalue weighted by Crippen LogP contribution is -2.05. The molecule has 0 bridgehead atoms. The van der Waals surface area contributed by atoms with Crippen molar-refractivity contribution >= 4 is 34.2 Å². The maximum absolute atomic E-state index is 12.5. The summed E-state index contributed by atoms with van der Waals surface area (Å²) in [5.41, 5.74) is 0.200. The number of halogens is 5. The van der Waals surface area contributed by atoms with Gasteiger partial charge in [-0.3, -0.25) is 4.98 Å². The lowest BCUT2D eigenvalue weighted by Gasteiger charge is -2.09. The van der Waals surface area contributed by atoms with E-state index in [9.17, 15) is 13.2 Å². The van der Waals surface area contributed by atoms with Crippen LogP contribution < -0.4 is 0 Å². The molecule has 0 radical (unpaired) electrons. The molecule has 0 fully saturated rings. The Kier molecular flexibility index (Phi) is 3.82. The van der Waals surface area contributed by atoms with E-state index < -0.39 is 11.7 Å². The van der Waals surface area contributed by atoms with E-state index >= 15 is 0 Å². The normalized spacial score (nSPS) is 11.6. The number of benzene rings is 1. The highest BCUT2D eigenvalue weighted by molar-refractivity contribution is 14.1. The molecular weight excluding hydrogens is 377 g/mol. The molecule has 0 amide bonds. The van der Waals surface area contributed by atoms with Crippen molar-refractivity contribution in [3.63, 3.8) is 0 Å². The van der Waals surface area contributed by atoms with Gasteiger partial charge in [-0.05, 0) is 40.8 Å². The number of aromatic nitrogens is 1. The number of alkyl halides is 3. The highest BCUT2D eigenvalue weighted by Crippen LogP contribution is 2.34. The monoisotopic (exact) mass is 383 g/mol. The summed E-state index contributed by atoms with van der Waals surface area (Å²) < 4.78 is 38.4. The summed E-state index contributed by atoms with van der Waals surface area (Å²) in [5, 5.41) is -0.00757. The molecule has 94 valence electrons. The summed E-state index contributed by atoms with van der Waals surface area (Å²) in [4.78, 5) is 3.80. The van der Waals surface area contributed by atoms with Crippen molar-refractivity contribution in [3.05, 3.63) is 50.7 Å². The van der Waals surface area contributed by atoms with E-state index in [1.54, 1.807) is 12.1 Å². The first-order chi connectivity index (χ1) is 8.38. The Hall–Kier alpha value is -0.820. The van der Waals surface area contributed by atoms with Gasteiger partial charge in [0.25, 0.3) is 0 Å². The molecule has 6 heteroatoms. The fourth-order valence-corrected chi connectivity index (χ4v) is 2.26. The fraction of sp³-hybridized carbons (Fsp3) is 0.0833. The Morgan fingerprint density at radius 1 is 1.17 bits per heavy atom. The van der Waals surface area contributed by atoms with Crippen LogP contribution >= 0.6 is 34.2 Å². The molecule has 18 heavy (non-hydrogen) atoms. The zero-order valence-electron chi connectivity index (χ0n) is 8.80. The molecule has 0 saturated carbocycles. The highest BCUT2D eigenvalue weighted by Gasteiger charge is 2.31. The fourth-order valence-electron chi connectivity index (χ4n) is 1.44. The third-order valence-electron chi connectivity index (χ3n) is 2.27. The van der Waals surface area contributed by atoms with Crippen LogP contribution in [0.5, 0.6) is 0 Å². The van der Waals surface area contributed by atoms with Crippen molar-refractivity contribution in [2.45, 2.75) is 6.18 Å². The predicted molar refractivity (Wildman–Crippen MR) is 72.4 cm³/mol. The van der Waals surface area contributed by atoms with Crippen LogP contribution in [0.4, 0.5) is 13.2 Å². The quantitative estimate of drug-likeness (QED) is 0.630. The second-order valence-corrected chi connectivity index (χ2v) is 5.22. The molecule has 0 aliphatic heterocycles. The third kappa shape index (κ3) is 2.95. The lowest BCUT2D eigenvalue weighted by atomic mass is 10.1. The second kappa shape index (κ2) is 5.05. The average Bonchev–Trinajstić information content (AvgIpc) is 2.27. The van der Waals surface area contributed by atoms with Gasteiger partial charge < -0.3 is 0 Å². The first-order valence-electron chi connectivity index (χ1n) is 4.86. The average molecular weight is 384 g/mol. The van der Waals surface area contributed by atoms with Gasteiger partial charge in [0.1, 0.15) is 0 Å². The minimum atomic E-state index is -4.43. The van der Waals surface area contributed by atoms with Crippen molar-refractivity contribution < 1.29 is 13.2 Å². The van der Waals surface area contributed by atoms with E-state index in [0.29, 0.717) is 11.3 Å². The van der Waals surface area contributed by atoms with Crippen LogP contribution in [0.15, 0.2) is 36.5 Å². The maximum atomic E-state index is 12.5. The van der Waals surface area contributed by atoms with Gasteiger partial charge in [-0.25, -0.2) is 0 Å². The van der Waals surface area contributed by atoms with Crippen LogP contribution in [-0.2, 0) is 6.18 Å². The molecule has 0 N–H and O–H groups in total. The van der Waals surface area contributed by atoms with Gasteiger partial charge in [-0.2, -0.15) is 13.2 Å². The molecule has 0 aliphatic carbocycles. The maximum Gasteiger partial charge on any atom is 0.417 e. The molecule has 1 aromatic carbocycles. The molecule has 1 nitrogen and oxygen atoms in total. The summed E-state index contributed by atoms with van der Waals surface area (Å²) in [6.07, 6.45) is -3.64. The molecular formula is C12H6ClF3IN. The molecule has 1 heterocycles. The molecule has 1 aromatic heterocycles. The molecule has 2 aromatic rings. The molecule has 2 rings (SSSR count). The molecule has 0 atom stereocenters. The van der Waals surface area contributed by atoms with Crippen LogP contribution in [0.2, 0.25) is 5.02 Å².